The van der Waals surface area contributed by atoms with Gasteiger partial charge in [0.2, 0.25) is 5.91 Å². The topological polar surface area (TPSA) is 84.9 Å². The number of carbonyl (C=O) groups is 1. The van der Waals surface area contributed by atoms with Crippen LogP contribution in [0.3, 0.4) is 0 Å². The average molecular weight is 531 g/mol. The van der Waals surface area contributed by atoms with Crippen molar-refractivity contribution >= 4 is 21.6 Å². The number of hydrogen-bond acceptors (Lipinski definition) is 5. The molecule has 196 valence electrons. The van der Waals surface area contributed by atoms with Gasteiger partial charge in [-0.2, -0.15) is 0 Å². The van der Waals surface area contributed by atoms with Crippen molar-refractivity contribution in [2.75, 3.05) is 24.0 Å². The van der Waals surface area contributed by atoms with Gasteiger partial charge in [-0.25, -0.2) is 8.42 Å². The van der Waals surface area contributed by atoms with Gasteiger partial charge in [0, 0.05) is 0 Å². The van der Waals surface area contributed by atoms with Crippen LogP contribution in [0.25, 0.3) is 0 Å². The van der Waals surface area contributed by atoms with Gasteiger partial charge in [-0.15, -0.1) is 0 Å². The van der Waals surface area contributed by atoms with Crippen molar-refractivity contribution in [2.24, 2.45) is 0 Å². The maximum Gasteiger partial charge on any atom is 0.264 e. The molecule has 38 heavy (non-hydrogen) atoms. The van der Waals surface area contributed by atoms with Gasteiger partial charge in [0.1, 0.15) is 30.4 Å². The largest absolute Gasteiger partial charge is 0.491 e. The molecule has 4 aromatic rings. The van der Waals surface area contributed by atoms with Crippen molar-refractivity contribution in [1.82, 2.24) is 5.32 Å². The number of anilines is 1. The van der Waals surface area contributed by atoms with Gasteiger partial charge in [-0.05, 0) is 79.6 Å². The summed E-state index contributed by atoms with van der Waals surface area (Å²) < 4.78 is 39.7. The maximum atomic E-state index is 13.5. The smallest absolute Gasteiger partial charge is 0.264 e. The molecule has 0 saturated carbocycles. The van der Waals surface area contributed by atoms with Crippen LogP contribution in [0.2, 0.25) is 0 Å². The third kappa shape index (κ3) is 6.92. The third-order valence-electron chi connectivity index (χ3n) is 5.75. The zero-order chi connectivity index (χ0) is 27.0. The minimum Gasteiger partial charge on any atom is -0.491 e. The second-order valence-electron chi connectivity index (χ2n) is 8.70. The van der Waals surface area contributed by atoms with E-state index in [0.717, 1.165) is 21.2 Å². The van der Waals surface area contributed by atoms with Crippen molar-refractivity contribution in [2.45, 2.75) is 18.7 Å². The number of amides is 1. The highest BCUT2D eigenvalue weighted by Gasteiger charge is 2.27. The van der Waals surface area contributed by atoms with Crippen LogP contribution in [0.5, 0.6) is 17.2 Å². The molecular weight excluding hydrogens is 500 g/mol. The van der Waals surface area contributed by atoms with Crippen molar-refractivity contribution in [3.8, 4) is 17.2 Å². The molecule has 0 fully saturated rings. The predicted octanol–water partition coefficient (Wildman–Crippen LogP) is 5.49. The summed E-state index contributed by atoms with van der Waals surface area (Å²) in [4.78, 5) is 12.9. The lowest BCUT2D eigenvalue weighted by Crippen LogP contribution is -2.41. The first-order valence-corrected chi connectivity index (χ1v) is 13.6. The van der Waals surface area contributed by atoms with Crippen molar-refractivity contribution in [1.29, 1.82) is 0 Å². The maximum absolute atomic E-state index is 13.5. The Kier molecular flexibility index (Phi) is 8.66. The van der Waals surface area contributed by atoms with Gasteiger partial charge >= 0.3 is 0 Å². The Labute approximate surface area is 223 Å². The Balaban J connectivity index is 1.46. The van der Waals surface area contributed by atoms with Gasteiger partial charge in [0.25, 0.3) is 10.0 Å². The molecule has 0 radical (unpaired) electrons. The normalized spacial score (nSPS) is 11.0. The number of sulfonamides is 1. The summed E-state index contributed by atoms with van der Waals surface area (Å²) in [5.41, 5.74) is 2.43. The molecule has 0 aliphatic rings. The number of ether oxygens (including phenoxy) is 2. The number of aryl methyl sites for hydroxylation is 2. The van der Waals surface area contributed by atoms with E-state index in [2.05, 4.69) is 5.32 Å². The van der Waals surface area contributed by atoms with Crippen molar-refractivity contribution in [3.63, 3.8) is 0 Å². The Bertz CT molecular complexity index is 1460. The van der Waals surface area contributed by atoms with Crippen LogP contribution < -0.4 is 19.1 Å². The van der Waals surface area contributed by atoms with E-state index in [-0.39, 0.29) is 24.6 Å². The highest BCUT2D eigenvalue weighted by Crippen LogP contribution is 2.28. The van der Waals surface area contributed by atoms with Crippen LogP contribution in [0.1, 0.15) is 11.1 Å². The summed E-state index contributed by atoms with van der Waals surface area (Å²) in [7, 11) is -4.00. The minimum atomic E-state index is -4.00. The molecule has 0 spiro atoms. The first-order chi connectivity index (χ1) is 18.3. The summed E-state index contributed by atoms with van der Waals surface area (Å²) in [5.74, 6) is 1.52. The van der Waals surface area contributed by atoms with Crippen molar-refractivity contribution < 1.29 is 22.7 Å². The lowest BCUT2D eigenvalue weighted by Gasteiger charge is -2.24. The minimum absolute atomic E-state index is 0.0932. The van der Waals surface area contributed by atoms with E-state index >= 15 is 0 Å². The molecule has 0 unspecified atom stereocenters. The number of hydrogen-bond donors (Lipinski definition) is 1. The molecule has 0 aromatic heterocycles. The summed E-state index contributed by atoms with van der Waals surface area (Å²) >= 11 is 0. The van der Waals surface area contributed by atoms with Crippen LogP contribution in [0.15, 0.2) is 108 Å². The van der Waals surface area contributed by atoms with E-state index in [1.54, 1.807) is 42.5 Å². The van der Waals surface area contributed by atoms with E-state index in [1.807, 2.05) is 62.4 Å². The molecule has 0 bridgehead atoms. The molecule has 0 saturated heterocycles. The van der Waals surface area contributed by atoms with Crippen LogP contribution in [-0.4, -0.2) is 34.0 Å². The van der Waals surface area contributed by atoms with Crippen molar-refractivity contribution in [3.05, 3.63) is 114 Å². The van der Waals surface area contributed by atoms with E-state index in [1.165, 1.54) is 12.1 Å². The van der Waals surface area contributed by atoms with Gasteiger partial charge in [-0.1, -0.05) is 48.5 Å². The lowest BCUT2D eigenvalue weighted by molar-refractivity contribution is -0.119. The summed E-state index contributed by atoms with van der Waals surface area (Å²) in [6.45, 7) is 4.04. The fourth-order valence-corrected chi connectivity index (χ4v) is 5.18. The molecule has 0 heterocycles. The SMILES string of the molecule is Cc1ccc(C)c(OCCNC(=O)CN(c2ccc(Oc3ccccc3)cc2)S(=O)(=O)c2ccccc2)c1. The molecular formula is C30H30N2O5S. The Morgan fingerprint density at radius 1 is 0.816 bits per heavy atom. The van der Waals surface area contributed by atoms with Crippen LogP contribution >= 0.6 is 0 Å². The highest BCUT2D eigenvalue weighted by atomic mass is 32.2. The Morgan fingerprint density at radius 2 is 1.45 bits per heavy atom. The summed E-state index contributed by atoms with van der Waals surface area (Å²) in [6, 6.07) is 29.8. The second-order valence-corrected chi connectivity index (χ2v) is 10.6. The quantitative estimate of drug-likeness (QED) is 0.259. The monoisotopic (exact) mass is 530 g/mol. The second kappa shape index (κ2) is 12.3. The molecule has 8 heteroatoms. The van der Waals surface area contributed by atoms with E-state index in [0.29, 0.717) is 17.2 Å². The number of para-hydroxylation sites is 1. The van der Waals surface area contributed by atoms with Crippen LogP contribution in [0.4, 0.5) is 5.69 Å². The Morgan fingerprint density at radius 3 is 2.13 bits per heavy atom. The predicted molar refractivity (Wildman–Crippen MR) is 148 cm³/mol. The van der Waals surface area contributed by atoms with Crippen LogP contribution in [0, 0.1) is 13.8 Å². The van der Waals surface area contributed by atoms with Gasteiger partial charge < -0.3 is 14.8 Å². The number of nitrogens with zero attached hydrogens (tertiary/aromatic N) is 1. The van der Waals surface area contributed by atoms with E-state index in [9.17, 15) is 13.2 Å². The molecule has 0 aliphatic carbocycles. The van der Waals surface area contributed by atoms with Gasteiger partial charge in [0.05, 0.1) is 17.1 Å². The first kappa shape index (κ1) is 26.8. The standard InChI is InChI=1S/C30H30N2O5S/c1-23-13-14-24(2)29(21-23)36-20-19-31-30(33)22-32(38(34,35)28-11-7-4-8-12-28)25-15-17-27(18-16-25)37-26-9-5-3-6-10-26/h3-18,21H,19-20,22H2,1-2H3,(H,31,33). The number of benzene rings is 4. The first-order valence-electron chi connectivity index (χ1n) is 12.2. The third-order valence-corrected chi connectivity index (χ3v) is 7.54. The van der Waals surface area contributed by atoms with Crippen LogP contribution in [-0.2, 0) is 14.8 Å². The number of rotatable bonds is 11. The summed E-state index contributed by atoms with van der Waals surface area (Å²) in [6.07, 6.45) is 0. The molecule has 4 rings (SSSR count). The van der Waals surface area contributed by atoms with E-state index in [4.69, 9.17) is 9.47 Å². The van der Waals surface area contributed by atoms with E-state index < -0.39 is 15.9 Å². The molecule has 0 atom stereocenters. The average Bonchev–Trinajstić information content (AvgIpc) is 2.93. The molecule has 7 nitrogen and oxygen atoms in total. The van der Waals surface area contributed by atoms with Gasteiger partial charge in [0.15, 0.2) is 0 Å². The Hall–Kier alpha value is -4.30. The molecule has 1 N–H and O–H groups in total. The lowest BCUT2D eigenvalue weighted by atomic mass is 10.1. The highest BCUT2D eigenvalue weighted by molar-refractivity contribution is 7.92. The van der Waals surface area contributed by atoms with Gasteiger partial charge in [-0.3, -0.25) is 9.10 Å². The zero-order valence-corrected chi connectivity index (χ0v) is 22.1. The number of carbonyl (C=O) groups excluding carboxylic acids is 1. The fourth-order valence-electron chi connectivity index (χ4n) is 3.74. The molecule has 1 amide bonds. The molecule has 0 aliphatic heterocycles. The summed E-state index contributed by atoms with van der Waals surface area (Å²) in [5, 5.41) is 2.76. The number of nitrogens with one attached hydrogen (secondary N) is 1. The fraction of sp³-hybridized carbons (Fsp3) is 0.167. The molecule has 4 aromatic carbocycles. The zero-order valence-electron chi connectivity index (χ0n) is 21.3.